The Morgan fingerprint density at radius 2 is 1.90 bits per heavy atom. The predicted octanol–water partition coefficient (Wildman–Crippen LogP) is 3.66. The molecule has 2 aromatic carbocycles. The molecule has 0 fully saturated rings. The van der Waals surface area contributed by atoms with Crippen molar-refractivity contribution < 1.29 is 0 Å². The molecule has 106 valence electrons. The second-order valence-electron chi connectivity index (χ2n) is 5.95. The summed E-state index contributed by atoms with van der Waals surface area (Å²) < 4.78 is 2.25. The predicted molar refractivity (Wildman–Crippen MR) is 86.4 cm³/mol. The third kappa shape index (κ3) is 1.92. The van der Waals surface area contributed by atoms with Crippen molar-refractivity contribution in [3.05, 3.63) is 59.2 Å². The van der Waals surface area contributed by atoms with Gasteiger partial charge in [-0.2, -0.15) is 0 Å². The third-order valence-corrected chi connectivity index (χ3v) is 4.63. The number of hydrogen-bond acceptors (Lipinski definition) is 2. The van der Waals surface area contributed by atoms with E-state index in [0.717, 1.165) is 24.8 Å². The highest BCUT2D eigenvalue weighted by atomic mass is 15.2. The van der Waals surface area contributed by atoms with Gasteiger partial charge in [-0.1, -0.05) is 36.4 Å². The molecule has 0 spiro atoms. The first-order valence-electron chi connectivity index (χ1n) is 7.54. The average Bonchev–Trinajstić information content (AvgIpc) is 2.84. The van der Waals surface area contributed by atoms with Crippen molar-refractivity contribution in [3.8, 4) is 0 Å². The number of fused-ring (bicyclic) bond motifs is 2. The Balaban J connectivity index is 1.83. The first-order chi connectivity index (χ1) is 10.2. The minimum absolute atomic E-state index is 0.408. The van der Waals surface area contributed by atoms with E-state index in [1.54, 1.807) is 0 Å². The van der Waals surface area contributed by atoms with E-state index in [0.29, 0.717) is 12.0 Å². The molecule has 0 saturated carbocycles. The molecule has 21 heavy (non-hydrogen) atoms. The zero-order valence-corrected chi connectivity index (χ0v) is 12.2. The van der Waals surface area contributed by atoms with Gasteiger partial charge < -0.3 is 10.3 Å². The van der Waals surface area contributed by atoms with Gasteiger partial charge in [0, 0.05) is 6.04 Å². The van der Waals surface area contributed by atoms with Gasteiger partial charge in [0.15, 0.2) is 0 Å². The number of para-hydroxylation sites is 1. The number of anilines is 1. The normalized spacial score (nSPS) is 17.9. The van der Waals surface area contributed by atoms with Crippen LogP contribution in [0.15, 0.2) is 42.5 Å². The highest BCUT2D eigenvalue weighted by Gasteiger charge is 2.23. The second kappa shape index (κ2) is 4.62. The van der Waals surface area contributed by atoms with E-state index in [1.165, 1.54) is 22.2 Å². The Morgan fingerprint density at radius 3 is 2.76 bits per heavy atom. The average molecular weight is 277 g/mol. The van der Waals surface area contributed by atoms with E-state index in [-0.39, 0.29) is 0 Å². The van der Waals surface area contributed by atoms with Crippen molar-refractivity contribution in [1.82, 2.24) is 9.55 Å². The Kier molecular flexibility index (Phi) is 2.74. The Labute approximate surface area is 124 Å². The lowest BCUT2D eigenvalue weighted by Crippen LogP contribution is -2.20. The van der Waals surface area contributed by atoms with Crippen LogP contribution in [0.3, 0.4) is 0 Å². The molecule has 4 rings (SSSR count). The summed E-state index contributed by atoms with van der Waals surface area (Å²) in [5, 5.41) is 0. The van der Waals surface area contributed by atoms with Crippen LogP contribution in [0, 0.1) is 6.92 Å². The maximum Gasteiger partial charge on any atom is 0.201 e. The lowest BCUT2D eigenvalue weighted by Gasteiger charge is -2.27. The first-order valence-corrected chi connectivity index (χ1v) is 7.54. The van der Waals surface area contributed by atoms with Gasteiger partial charge in [-0.25, -0.2) is 4.98 Å². The van der Waals surface area contributed by atoms with Crippen molar-refractivity contribution in [2.75, 3.05) is 5.73 Å². The highest BCUT2D eigenvalue weighted by molar-refractivity contribution is 5.81. The number of rotatable bonds is 1. The number of hydrogen-bond donors (Lipinski definition) is 1. The van der Waals surface area contributed by atoms with Crippen molar-refractivity contribution in [3.63, 3.8) is 0 Å². The molecule has 1 unspecified atom stereocenters. The second-order valence-corrected chi connectivity index (χ2v) is 5.95. The summed E-state index contributed by atoms with van der Waals surface area (Å²) in [6.45, 7) is 2.14. The van der Waals surface area contributed by atoms with Crippen LogP contribution in [-0.2, 0) is 12.8 Å². The van der Waals surface area contributed by atoms with Crippen LogP contribution in [0.2, 0.25) is 0 Å². The van der Waals surface area contributed by atoms with Crippen LogP contribution in [0.25, 0.3) is 11.0 Å². The van der Waals surface area contributed by atoms with E-state index in [2.05, 4.69) is 46.8 Å². The Morgan fingerprint density at radius 1 is 1.10 bits per heavy atom. The molecule has 3 nitrogen and oxygen atoms in total. The summed E-state index contributed by atoms with van der Waals surface area (Å²) in [4.78, 5) is 4.55. The van der Waals surface area contributed by atoms with Gasteiger partial charge in [0.1, 0.15) is 0 Å². The van der Waals surface area contributed by atoms with E-state index in [9.17, 15) is 0 Å². The standard InChI is InChI=1S/C18H19N3/c1-12-5-4-8-16-17(12)21(18(19)20-16)15-10-9-13-6-2-3-7-14(13)11-15/h2-8,15H,9-11H2,1H3,(H2,19,20). The van der Waals surface area contributed by atoms with Crippen LogP contribution in [0.5, 0.6) is 0 Å². The quantitative estimate of drug-likeness (QED) is 0.737. The van der Waals surface area contributed by atoms with Crippen LogP contribution in [-0.4, -0.2) is 9.55 Å². The van der Waals surface area contributed by atoms with Crippen molar-refractivity contribution in [2.45, 2.75) is 32.2 Å². The molecule has 2 N–H and O–H groups in total. The third-order valence-electron chi connectivity index (χ3n) is 4.63. The summed E-state index contributed by atoms with van der Waals surface area (Å²) >= 11 is 0. The fourth-order valence-corrected chi connectivity index (χ4v) is 3.61. The summed E-state index contributed by atoms with van der Waals surface area (Å²) in [5.74, 6) is 0.642. The van der Waals surface area contributed by atoms with Gasteiger partial charge in [0.05, 0.1) is 11.0 Å². The molecular formula is C18H19N3. The molecule has 3 aromatic rings. The van der Waals surface area contributed by atoms with Crippen molar-refractivity contribution >= 4 is 17.0 Å². The number of imidazole rings is 1. The summed E-state index contributed by atoms with van der Waals surface area (Å²) in [6, 6.07) is 15.4. The number of benzene rings is 2. The molecule has 1 aliphatic rings. The fourth-order valence-electron chi connectivity index (χ4n) is 3.61. The Hall–Kier alpha value is -2.29. The maximum absolute atomic E-state index is 6.22. The van der Waals surface area contributed by atoms with Crippen LogP contribution >= 0.6 is 0 Å². The van der Waals surface area contributed by atoms with Gasteiger partial charge in [0.2, 0.25) is 5.95 Å². The number of aromatic nitrogens is 2. The molecule has 0 radical (unpaired) electrons. The molecule has 1 aromatic heterocycles. The first kappa shape index (κ1) is 12.5. The molecule has 0 amide bonds. The lowest BCUT2D eigenvalue weighted by atomic mass is 9.88. The van der Waals surface area contributed by atoms with E-state index >= 15 is 0 Å². The molecule has 0 bridgehead atoms. The van der Waals surface area contributed by atoms with E-state index in [4.69, 9.17) is 5.73 Å². The van der Waals surface area contributed by atoms with E-state index < -0.39 is 0 Å². The highest BCUT2D eigenvalue weighted by Crippen LogP contribution is 2.34. The fraction of sp³-hybridized carbons (Fsp3) is 0.278. The minimum atomic E-state index is 0.408. The van der Waals surface area contributed by atoms with E-state index in [1.807, 2.05) is 12.1 Å². The maximum atomic E-state index is 6.22. The molecular weight excluding hydrogens is 258 g/mol. The van der Waals surface area contributed by atoms with Gasteiger partial charge >= 0.3 is 0 Å². The minimum Gasteiger partial charge on any atom is -0.369 e. The summed E-state index contributed by atoms with van der Waals surface area (Å²) in [7, 11) is 0. The molecule has 1 aliphatic carbocycles. The Bertz CT molecular complexity index is 816. The zero-order chi connectivity index (χ0) is 14.4. The summed E-state index contributed by atoms with van der Waals surface area (Å²) in [5.41, 5.74) is 12.6. The molecule has 1 atom stereocenters. The van der Waals surface area contributed by atoms with Crippen molar-refractivity contribution in [1.29, 1.82) is 0 Å². The topological polar surface area (TPSA) is 43.8 Å². The molecule has 0 saturated heterocycles. The molecule has 3 heteroatoms. The molecule has 0 aliphatic heterocycles. The number of nitrogens with zero attached hydrogens (tertiary/aromatic N) is 2. The van der Waals surface area contributed by atoms with Crippen LogP contribution < -0.4 is 5.73 Å². The van der Waals surface area contributed by atoms with Gasteiger partial charge in [0.25, 0.3) is 0 Å². The number of nitrogen functional groups attached to an aromatic ring is 1. The SMILES string of the molecule is Cc1cccc2nc(N)n(C3CCc4ccccc4C3)c12. The monoisotopic (exact) mass is 277 g/mol. The molecule has 1 heterocycles. The number of nitrogens with two attached hydrogens (primary N) is 1. The number of aryl methyl sites for hydroxylation is 2. The van der Waals surface area contributed by atoms with Crippen LogP contribution in [0.4, 0.5) is 5.95 Å². The zero-order valence-electron chi connectivity index (χ0n) is 12.2. The smallest absolute Gasteiger partial charge is 0.201 e. The lowest BCUT2D eigenvalue weighted by molar-refractivity contribution is 0.457. The largest absolute Gasteiger partial charge is 0.369 e. The van der Waals surface area contributed by atoms with Crippen LogP contribution in [0.1, 0.15) is 29.2 Å². The van der Waals surface area contributed by atoms with Gasteiger partial charge in [-0.05, 0) is 48.9 Å². The van der Waals surface area contributed by atoms with Gasteiger partial charge in [-0.3, -0.25) is 0 Å². The van der Waals surface area contributed by atoms with Gasteiger partial charge in [-0.15, -0.1) is 0 Å². The van der Waals surface area contributed by atoms with Crippen molar-refractivity contribution in [2.24, 2.45) is 0 Å². The summed E-state index contributed by atoms with van der Waals surface area (Å²) in [6.07, 6.45) is 3.28.